The van der Waals surface area contributed by atoms with E-state index < -0.39 is 0 Å². The Morgan fingerprint density at radius 2 is 1.22 bits per heavy atom. The Balaban J connectivity index is 1.29. The Labute approximate surface area is 381 Å². The number of benzene rings is 6. The zero-order chi connectivity index (χ0) is 45.6. The van der Waals surface area contributed by atoms with Crippen LogP contribution < -0.4 is 14.2 Å². The first-order valence-corrected chi connectivity index (χ1v) is 22.8. The van der Waals surface area contributed by atoms with Crippen molar-refractivity contribution in [1.29, 1.82) is 0 Å². The first-order chi connectivity index (χ1) is 30.2. The number of fused-ring (bicyclic) bond motifs is 3. The fourth-order valence-electron chi connectivity index (χ4n) is 10.4. The fraction of sp³-hybridized carbons (Fsp3) is 0.288. The molecule has 9 rings (SSSR count). The predicted molar refractivity (Wildman–Crippen MR) is 267 cm³/mol. The smallest absolute Gasteiger partial charge is 0.255 e. The lowest BCUT2D eigenvalue weighted by atomic mass is 9.73. The van der Waals surface area contributed by atoms with Gasteiger partial charge in [0.1, 0.15) is 28.7 Å². The summed E-state index contributed by atoms with van der Waals surface area (Å²) in [6, 6.07) is 42.4. The van der Waals surface area contributed by atoms with Crippen LogP contribution in [0.2, 0.25) is 0 Å². The quantitative estimate of drug-likeness (QED) is 0.156. The molecule has 0 saturated carbocycles. The molecule has 0 bridgehead atoms. The minimum absolute atomic E-state index is 0.0367. The van der Waals surface area contributed by atoms with Crippen molar-refractivity contribution in [2.75, 3.05) is 4.90 Å². The van der Waals surface area contributed by atoms with Gasteiger partial charge in [-0.3, -0.25) is 4.90 Å². The molecule has 5 nitrogen and oxygen atoms in total. The van der Waals surface area contributed by atoms with E-state index in [-0.39, 0.29) is 16.2 Å². The topological polar surface area (TPSA) is 34.2 Å². The molecule has 0 radical (unpaired) electrons. The number of aromatic nitrogens is 3. The molecule has 1 aliphatic heterocycles. The van der Waals surface area contributed by atoms with Crippen LogP contribution in [0.1, 0.15) is 111 Å². The molecule has 0 amide bonds. The lowest BCUT2D eigenvalue weighted by Gasteiger charge is -2.41. The Morgan fingerprint density at radius 3 is 1.89 bits per heavy atom. The number of para-hydroxylation sites is 3. The molecule has 0 spiro atoms. The molecule has 0 atom stereocenters. The largest absolute Gasteiger partial charge is 0.457 e. The lowest BCUT2D eigenvalue weighted by molar-refractivity contribution is -0.568. The van der Waals surface area contributed by atoms with Crippen LogP contribution in [0.15, 0.2) is 128 Å². The van der Waals surface area contributed by atoms with E-state index in [4.69, 9.17) is 9.72 Å². The van der Waals surface area contributed by atoms with Crippen LogP contribution in [-0.2, 0) is 16.2 Å². The van der Waals surface area contributed by atoms with E-state index in [2.05, 4.69) is 233 Å². The van der Waals surface area contributed by atoms with Crippen molar-refractivity contribution in [3.8, 4) is 34.0 Å². The minimum Gasteiger partial charge on any atom is -0.457 e. The Morgan fingerprint density at radius 1 is 0.594 bits per heavy atom. The van der Waals surface area contributed by atoms with Crippen LogP contribution in [0.3, 0.4) is 0 Å². The Hall–Kier alpha value is -6.46. The second kappa shape index (κ2) is 15.4. The van der Waals surface area contributed by atoms with Crippen LogP contribution in [0.5, 0.6) is 11.5 Å². The zero-order valence-electron chi connectivity index (χ0n) is 40.3. The highest BCUT2D eigenvalue weighted by Gasteiger charge is 2.38. The van der Waals surface area contributed by atoms with Crippen LogP contribution >= 0.6 is 0 Å². The van der Waals surface area contributed by atoms with Crippen molar-refractivity contribution in [3.05, 3.63) is 183 Å². The number of ether oxygens (including phenoxy) is 1. The summed E-state index contributed by atoms with van der Waals surface area (Å²) < 4.78 is 12.1. The molecule has 324 valence electrons. The second-order valence-electron chi connectivity index (χ2n) is 20.9. The number of nitrogens with zero attached hydrogens (tertiary/aromatic N) is 4. The molecule has 0 aliphatic carbocycles. The number of aryl methyl sites for hydroxylation is 6. The van der Waals surface area contributed by atoms with Gasteiger partial charge >= 0.3 is 0 Å². The molecule has 6 aromatic carbocycles. The third kappa shape index (κ3) is 7.29. The van der Waals surface area contributed by atoms with Gasteiger partial charge in [-0.25, -0.2) is 4.98 Å². The number of rotatable bonds is 6. The van der Waals surface area contributed by atoms with Gasteiger partial charge in [-0.2, -0.15) is 9.13 Å². The highest BCUT2D eigenvalue weighted by molar-refractivity contribution is 5.87. The van der Waals surface area contributed by atoms with Gasteiger partial charge in [0.2, 0.25) is 0 Å². The van der Waals surface area contributed by atoms with E-state index >= 15 is 0 Å². The van der Waals surface area contributed by atoms with Crippen molar-refractivity contribution < 1.29 is 9.30 Å². The number of hydrogen-bond donors (Lipinski definition) is 0. The second-order valence-corrected chi connectivity index (χ2v) is 20.9. The number of imidazole rings is 1. The van der Waals surface area contributed by atoms with Gasteiger partial charge in [0.25, 0.3) is 6.33 Å². The van der Waals surface area contributed by atoms with E-state index in [1.165, 1.54) is 66.9 Å². The van der Waals surface area contributed by atoms with E-state index in [0.717, 1.165) is 51.0 Å². The van der Waals surface area contributed by atoms with Gasteiger partial charge in [0.15, 0.2) is 11.0 Å². The first kappa shape index (κ1) is 42.8. The molecular formula is C59H63N4O+. The molecule has 0 N–H and O–H groups in total. The van der Waals surface area contributed by atoms with Crippen molar-refractivity contribution in [3.63, 3.8) is 0 Å². The van der Waals surface area contributed by atoms with Gasteiger partial charge < -0.3 is 4.74 Å². The summed E-state index contributed by atoms with van der Waals surface area (Å²) in [4.78, 5) is 7.36. The van der Waals surface area contributed by atoms with Crippen molar-refractivity contribution in [2.45, 2.75) is 113 Å². The summed E-state index contributed by atoms with van der Waals surface area (Å²) in [5.41, 5.74) is 21.0. The van der Waals surface area contributed by atoms with Gasteiger partial charge in [-0.05, 0) is 139 Å². The Bertz CT molecular complexity index is 3100. The normalized spacial score (nSPS) is 13.6. The highest BCUT2D eigenvalue weighted by atomic mass is 16.5. The molecule has 64 heavy (non-hydrogen) atoms. The summed E-state index contributed by atoms with van der Waals surface area (Å²) in [6.45, 7) is 31.6. The number of anilines is 3. The van der Waals surface area contributed by atoms with E-state index in [1.807, 2.05) is 6.20 Å². The SMILES string of the molecule is Cc1cc(C)c(-c2cc(C(C)(C)C)c(Oc3ccc4c(c3)N(c3cc(C(C)(C)C)ccn3)c3ccccc3C4(C)C)cc2-n2c[n+](-c3c(C)cc(C)cc3C)c3ccccc32)c(C)c1. The molecule has 0 saturated heterocycles. The average Bonchev–Trinajstić information content (AvgIpc) is 3.59. The zero-order valence-corrected chi connectivity index (χ0v) is 40.3. The van der Waals surface area contributed by atoms with E-state index in [9.17, 15) is 0 Å². The fourth-order valence-corrected chi connectivity index (χ4v) is 10.4. The third-order valence-electron chi connectivity index (χ3n) is 13.4. The molecular weight excluding hydrogens is 781 g/mol. The summed E-state index contributed by atoms with van der Waals surface area (Å²) >= 11 is 0. The molecule has 0 fully saturated rings. The maximum Gasteiger partial charge on any atom is 0.255 e. The van der Waals surface area contributed by atoms with Crippen LogP contribution in [0, 0.1) is 41.5 Å². The summed E-state index contributed by atoms with van der Waals surface area (Å²) in [6.07, 6.45) is 4.23. The van der Waals surface area contributed by atoms with Gasteiger partial charge in [0.05, 0.1) is 11.4 Å². The number of pyridine rings is 1. The molecule has 0 unspecified atom stereocenters. The van der Waals surface area contributed by atoms with Crippen molar-refractivity contribution >= 4 is 28.2 Å². The van der Waals surface area contributed by atoms with Crippen molar-refractivity contribution in [1.82, 2.24) is 9.55 Å². The van der Waals surface area contributed by atoms with Crippen LogP contribution in [0.25, 0.3) is 33.5 Å². The monoisotopic (exact) mass is 843 g/mol. The lowest BCUT2D eigenvalue weighted by Crippen LogP contribution is -2.31. The third-order valence-corrected chi connectivity index (χ3v) is 13.4. The number of hydrogen-bond acceptors (Lipinski definition) is 3. The van der Waals surface area contributed by atoms with Gasteiger partial charge in [-0.15, -0.1) is 0 Å². The van der Waals surface area contributed by atoms with Gasteiger partial charge in [-0.1, -0.05) is 127 Å². The predicted octanol–water partition coefficient (Wildman–Crippen LogP) is 15.3. The molecule has 1 aliphatic rings. The summed E-state index contributed by atoms with van der Waals surface area (Å²) in [7, 11) is 0. The molecule has 2 aromatic heterocycles. The molecule has 3 heterocycles. The molecule has 8 aromatic rings. The minimum atomic E-state index is -0.253. The van der Waals surface area contributed by atoms with E-state index in [0.29, 0.717) is 0 Å². The molecule has 5 heteroatoms. The van der Waals surface area contributed by atoms with Crippen molar-refractivity contribution in [2.24, 2.45) is 0 Å². The summed E-state index contributed by atoms with van der Waals surface area (Å²) in [5.74, 6) is 2.50. The standard InChI is InChI=1S/C59H63N4O/c1-36-27-38(3)55(39(4)28-36)44-33-47(58(10,11)12)53(34-51(44)61-35-62(50-22-18-17-21-49(50)61)56-40(5)29-37(2)30-41(56)6)64-43-23-24-46-52(32-43)63(48-20-16-15-19-45(48)59(46,13)14)54-31-42(25-26-60-54)57(7,8)9/h15-35H,1-14H3/q+1. The highest BCUT2D eigenvalue weighted by Crippen LogP contribution is 2.53. The van der Waals surface area contributed by atoms with Gasteiger partial charge in [0, 0.05) is 34.9 Å². The average molecular weight is 844 g/mol. The van der Waals surface area contributed by atoms with Crippen LogP contribution in [0.4, 0.5) is 17.2 Å². The first-order valence-electron chi connectivity index (χ1n) is 22.8. The van der Waals surface area contributed by atoms with E-state index in [1.54, 1.807) is 0 Å². The van der Waals surface area contributed by atoms with Crippen LogP contribution in [-0.4, -0.2) is 9.55 Å². The summed E-state index contributed by atoms with van der Waals surface area (Å²) in [5, 5.41) is 0. The maximum atomic E-state index is 7.34. The Kier molecular flexibility index (Phi) is 10.3. The maximum absolute atomic E-state index is 7.34.